The van der Waals surface area contributed by atoms with Crippen molar-refractivity contribution in [3.63, 3.8) is 0 Å². The van der Waals surface area contributed by atoms with Crippen molar-refractivity contribution < 1.29 is 27.3 Å². The van der Waals surface area contributed by atoms with E-state index < -0.39 is 21.9 Å². The number of nitrogens with one attached hydrogen (secondary N) is 3. The van der Waals surface area contributed by atoms with Gasteiger partial charge in [-0.05, 0) is 43.3 Å². The van der Waals surface area contributed by atoms with E-state index in [2.05, 4.69) is 20.6 Å². The lowest BCUT2D eigenvalue weighted by Crippen LogP contribution is -2.23. The molecular formula is C21H21ClN6O6S2. The van der Waals surface area contributed by atoms with Gasteiger partial charge in [0.25, 0.3) is 28.0 Å². The molecule has 4 rings (SSSR count). The third-order valence-electron chi connectivity index (χ3n) is 4.36. The minimum Gasteiger partial charge on any atom is -0.463 e. The molecule has 0 bridgehead atoms. The molecule has 0 atom stereocenters. The van der Waals surface area contributed by atoms with Crippen molar-refractivity contribution >= 4 is 68.1 Å². The quantitative estimate of drug-likeness (QED) is 0.346. The summed E-state index contributed by atoms with van der Waals surface area (Å²) >= 11 is 6.94. The maximum absolute atomic E-state index is 12.8. The molecule has 2 amide bonds. The Morgan fingerprint density at radius 2 is 1.83 bits per heavy atom. The van der Waals surface area contributed by atoms with Gasteiger partial charge >= 0.3 is 0 Å². The second-order valence-corrected chi connectivity index (χ2v) is 10.4. The predicted octanol–water partition coefficient (Wildman–Crippen LogP) is 3.28. The number of hydrogen-bond acceptors (Lipinski definition) is 9. The zero-order valence-corrected chi connectivity index (χ0v) is 21.4. The highest BCUT2D eigenvalue weighted by Crippen LogP contribution is 2.24. The van der Waals surface area contributed by atoms with E-state index in [9.17, 15) is 18.0 Å². The molecule has 0 spiro atoms. The van der Waals surface area contributed by atoms with Crippen LogP contribution in [-0.4, -0.2) is 60.2 Å². The monoisotopic (exact) mass is 552 g/mol. The van der Waals surface area contributed by atoms with Gasteiger partial charge in [0.2, 0.25) is 0 Å². The lowest BCUT2D eigenvalue weighted by atomic mass is 10.2. The molecule has 190 valence electrons. The van der Waals surface area contributed by atoms with Crippen LogP contribution in [0.4, 0.5) is 17.2 Å². The van der Waals surface area contributed by atoms with Crippen molar-refractivity contribution in [1.82, 2.24) is 9.97 Å². The standard InChI is InChI=1S/C20H17ClN6O3S.CH4O3S/c1-11-24-16(18(28)26-15-7-2-12(21)10-23-15)17(31-11)19(29)25-13-3-5-14(6-4-13)27-8-9-30-20(27)22;1-5(2,3)4/h2-7,10,22H,8-9H2,1H3,(H,25,29)(H,23,26,28);1H3,(H,2,3,4). The Labute approximate surface area is 215 Å². The number of benzene rings is 1. The van der Waals surface area contributed by atoms with E-state index in [1.165, 1.54) is 6.20 Å². The van der Waals surface area contributed by atoms with Crippen LogP contribution < -0.4 is 15.5 Å². The van der Waals surface area contributed by atoms with Crippen LogP contribution in [0.25, 0.3) is 0 Å². The van der Waals surface area contributed by atoms with Gasteiger partial charge in [-0.2, -0.15) is 8.42 Å². The Morgan fingerprint density at radius 1 is 1.17 bits per heavy atom. The third-order valence-corrected chi connectivity index (χ3v) is 5.55. The molecule has 0 aliphatic carbocycles. The summed E-state index contributed by atoms with van der Waals surface area (Å²) in [4.78, 5) is 35.6. The van der Waals surface area contributed by atoms with Crippen molar-refractivity contribution in [1.29, 1.82) is 5.41 Å². The SMILES string of the molecule is CS(=O)(=O)O.Cc1nc(C(=O)Nc2ccc(Cl)cn2)c(C(=O)Nc2ccc(N3CCOC3=N)cc2)s1. The fourth-order valence-electron chi connectivity index (χ4n) is 2.93. The highest BCUT2D eigenvalue weighted by Gasteiger charge is 2.24. The van der Waals surface area contributed by atoms with E-state index in [0.29, 0.717) is 40.9 Å². The van der Waals surface area contributed by atoms with Crippen molar-refractivity contribution in [2.24, 2.45) is 0 Å². The molecule has 15 heteroatoms. The number of amidine groups is 1. The van der Waals surface area contributed by atoms with Crippen molar-refractivity contribution in [2.45, 2.75) is 6.92 Å². The number of carbonyl (C=O) groups is 2. The van der Waals surface area contributed by atoms with Gasteiger partial charge in [0.15, 0.2) is 5.69 Å². The zero-order chi connectivity index (χ0) is 26.5. The Hall–Kier alpha value is -3.59. The van der Waals surface area contributed by atoms with E-state index >= 15 is 0 Å². The van der Waals surface area contributed by atoms with Gasteiger partial charge in [-0.3, -0.25) is 24.5 Å². The molecule has 0 saturated carbocycles. The first-order valence-corrected chi connectivity index (χ1v) is 13.2. The first-order chi connectivity index (χ1) is 16.9. The number of ether oxygens (including phenoxy) is 1. The lowest BCUT2D eigenvalue weighted by molar-refractivity contribution is 0.0990. The van der Waals surface area contributed by atoms with Crippen LogP contribution >= 0.6 is 22.9 Å². The number of hydrogen-bond donors (Lipinski definition) is 4. The molecule has 3 aromatic rings. The molecule has 4 N–H and O–H groups in total. The average molecular weight is 553 g/mol. The minimum atomic E-state index is -3.67. The summed E-state index contributed by atoms with van der Waals surface area (Å²) in [6.45, 7) is 2.80. The number of anilines is 3. The number of pyridine rings is 1. The van der Waals surface area contributed by atoms with E-state index in [0.717, 1.165) is 17.0 Å². The van der Waals surface area contributed by atoms with Gasteiger partial charge < -0.3 is 15.4 Å². The number of carbonyl (C=O) groups excluding carboxylic acids is 2. The molecule has 0 unspecified atom stereocenters. The molecule has 1 aromatic carbocycles. The summed E-state index contributed by atoms with van der Waals surface area (Å²) in [5, 5.41) is 14.2. The average Bonchev–Trinajstić information content (AvgIpc) is 3.40. The highest BCUT2D eigenvalue weighted by molar-refractivity contribution is 7.85. The van der Waals surface area contributed by atoms with E-state index in [1.54, 1.807) is 48.2 Å². The van der Waals surface area contributed by atoms with Crippen LogP contribution in [0.5, 0.6) is 0 Å². The molecule has 0 radical (unpaired) electrons. The molecule has 1 fully saturated rings. The molecular weight excluding hydrogens is 532 g/mol. The number of thiazole rings is 1. The van der Waals surface area contributed by atoms with Gasteiger partial charge in [-0.1, -0.05) is 11.6 Å². The number of amides is 2. The fraction of sp³-hybridized carbons (Fsp3) is 0.190. The van der Waals surface area contributed by atoms with Crippen LogP contribution in [-0.2, 0) is 14.9 Å². The van der Waals surface area contributed by atoms with Crippen molar-refractivity contribution in [2.75, 3.05) is 34.9 Å². The summed E-state index contributed by atoms with van der Waals surface area (Å²) in [5.41, 5.74) is 1.37. The topological polar surface area (TPSA) is 175 Å². The summed E-state index contributed by atoms with van der Waals surface area (Å²) < 4.78 is 31.0. The zero-order valence-electron chi connectivity index (χ0n) is 19.0. The molecule has 12 nitrogen and oxygen atoms in total. The second kappa shape index (κ2) is 11.4. The van der Waals surface area contributed by atoms with Crippen LogP contribution in [0, 0.1) is 12.3 Å². The van der Waals surface area contributed by atoms with Crippen molar-refractivity contribution in [3.05, 3.63) is 63.2 Å². The Kier molecular flexibility index (Phi) is 8.57. The minimum absolute atomic E-state index is 0.0241. The number of rotatable bonds is 5. The normalized spacial score (nSPS) is 12.9. The smallest absolute Gasteiger partial charge is 0.289 e. The molecule has 2 aromatic heterocycles. The van der Waals surface area contributed by atoms with Crippen LogP contribution in [0.3, 0.4) is 0 Å². The Balaban J connectivity index is 0.000000658. The van der Waals surface area contributed by atoms with Gasteiger partial charge in [-0.15, -0.1) is 11.3 Å². The summed E-state index contributed by atoms with van der Waals surface area (Å²) in [7, 11) is -3.67. The van der Waals surface area contributed by atoms with Crippen molar-refractivity contribution in [3.8, 4) is 0 Å². The number of halogens is 1. The maximum atomic E-state index is 12.8. The van der Waals surface area contributed by atoms with E-state index in [1.807, 2.05) is 0 Å². The molecule has 1 aliphatic rings. The number of aromatic nitrogens is 2. The van der Waals surface area contributed by atoms with Gasteiger partial charge in [0, 0.05) is 17.6 Å². The first kappa shape index (κ1) is 27.0. The van der Waals surface area contributed by atoms with Crippen LogP contribution in [0.1, 0.15) is 25.2 Å². The highest BCUT2D eigenvalue weighted by atomic mass is 35.5. The summed E-state index contributed by atoms with van der Waals surface area (Å²) in [6, 6.07) is 10.3. The predicted molar refractivity (Wildman–Crippen MR) is 137 cm³/mol. The Morgan fingerprint density at radius 3 is 2.39 bits per heavy atom. The Bertz CT molecular complexity index is 1370. The second-order valence-electron chi connectivity index (χ2n) is 7.27. The fourth-order valence-corrected chi connectivity index (χ4v) is 3.86. The van der Waals surface area contributed by atoms with E-state index in [4.69, 9.17) is 26.3 Å². The lowest BCUT2D eigenvalue weighted by Gasteiger charge is -2.15. The van der Waals surface area contributed by atoms with Crippen LogP contribution in [0.2, 0.25) is 5.02 Å². The van der Waals surface area contributed by atoms with Gasteiger partial charge in [-0.25, -0.2) is 9.97 Å². The third kappa shape index (κ3) is 7.71. The first-order valence-electron chi connectivity index (χ1n) is 10.1. The molecule has 1 aliphatic heterocycles. The number of nitrogens with zero attached hydrogens (tertiary/aromatic N) is 3. The molecule has 1 saturated heterocycles. The van der Waals surface area contributed by atoms with Gasteiger partial charge in [0.05, 0.1) is 22.8 Å². The van der Waals surface area contributed by atoms with Gasteiger partial charge in [0.1, 0.15) is 17.3 Å². The largest absolute Gasteiger partial charge is 0.463 e. The van der Waals surface area contributed by atoms with Crippen LogP contribution in [0.15, 0.2) is 42.6 Å². The molecule has 36 heavy (non-hydrogen) atoms. The maximum Gasteiger partial charge on any atom is 0.289 e. The summed E-state index contributed by atoms with van der Waals surface area (Å²) in [6.07, 6.45) is 2.13. The molecule has 3 heterocycles. The number of aryl methyl sites for hydroxylation is 1. The summed E-state index contributed by atoms with van der Waals surface area (Å²) in [5.74, 6) is -0.671. The van der Waals surface area contributed by atoms with E-state index in [-0.39, 0.29) is 16.6 Å².